The van der Waals surface area contributed by atoms with Gasteiger partial charge in [-0.2, -0.15) is 8.78 Å². The first-order chi connectivity index (χ1) is 7.99. The molecule has 0 unspecified atom stereocenters. The molecule has 0 fully saturated rings. The Morgan fingerprint density at radius 2 is 2.12 bits per heavy atom. The largest absolute Gasteiger partial charge is 0.465 e. The van der Waals surface area contributed by atoms with Crippen LogP contribution in [-0.2, 0) is 4.74 Å². The van der Waals surface area contributed by atoms with Crippen LogP contribution >= 0.6 is 15.9 Å². The van der Waals surface area contributed by atoms with Crippen LogP contribution in [0.15, 0.2) is 16.6 Å². The molecule has 7 heteroatoms. The highest BCUT2D eigenvalue weighted by atomic mass is 79.9. The molecular weight excluding hydrogens is 302 g/mol. The third-order valence-corrected chi connectivity index (χ3v) is 2.64. The SMILES string of the molecule is COC(=O)c1cc(C=O)cc(OC(F)F)c1Br. The molecular formula is C10H7BrF2O4. The first-order valence-electron chi connectivity index (χ1n) is 4.31. The summed E-state index contributed by atoms with van der Waals surface area (Å²) in [4.78, 5) is 21.9. The number of carbonyl (C=O) groups is 2. The molecule has 0 heterocycles. The Bertz CT molecular complexity index is 448. The Kier molecular flexibility index (Phi) is 4.56. The molecule has 0 atom stereocenters. The van der Waals surface area contributed by atoms with Crippen LogP contribution in [0.3, 0.4) is 0 Å². The predicted octanol–water partition coefficient (Wildman–Crippen LogP) is 2.65. The van der Waals surface area contributed by atoms with Crippen LogP contribution in [0, 0.1) is 0 Å². The number of hydrogen-bond donors (Lipinski definition) is 0. The lowest BCUT2D eigenvalue weighted by atomic mass is 10.1. The summed E-state index contributed by atoms with van der Waals surface area (Å²) in [5.74, 6) is -1.07. The summed E-state index contributed by atoms with van der Waals surface area (Å²) in [5, 5.41) is 0. The fourth-order valence-electron chi connectivity index (χ4n) is 1.13. The average Bonchev–Trinajstić information content (AvgIpc) is 2.30. The maximum Gasteiger partial charge on any atom is 0.387 e. The van der Waals surface area contributed by atoms with Crippen LogP contribution in [0.25, 0.3) is 0 Å². The fourth-order valence-corrected chi connectivity index (χ4v) is 1.61. The summed E-state index contributed by atoms with van der Waals surface area (Å²) >= 11 is 2.94. The van der Waals surface area contributed by atoms with E-state index in [1.807, 2.05) is 0 Å². The Morgan fingerprint density at radius 1 is 1.47 bits per heavy atom. The molecule has 0 N–H and O–H groups in total. The molecule has 0 aliphatic rings. The average molecular weight is 309 g/mol. The topological polar surface area (TPSA) is 52.6 Å². The van der Waals surface area contributed by atoms with Gasteiger partial charge in [0.2, 0.25) is 0 Å². The third-order valence-electron chi connectivity index (χ3n) is 1.82. The van der Waals surface area contributed by atoms with Crippen molar-refractivity contribution in [1.29, 1.82) is 0 Å². The van der Waals surface area contributed by atoms with Gasteiger partial charge in [0.05, 0.1) is 17.1 Å². The smallest absolute Gasteiger partial charge is 0.387 e. The van der Waals surface area contributed by atoms with Crippen molar-refractivity contribution in [3.05, 3.63) is 27.7 Å². The van der Waals surface area contributed by atoms with Gasteiger partial charge in [-0.1, -0.05) is 0 Å². The van der Waals surface area contributed by atoms with E-state index in [4.69, 9.17) is 0 Å². The molecule has 0 aliphatic heterocycles. The second kappa shape index (κ2) is 5.72. The lowest BCUT2D eigenvalue weighted by Gasteiger charge is -2.10. The molecule has 0 aromatic heterocycles. The minimum Gasteiger partial charge on any atom is -0.465 e. The molecule has 0 radical (unpaired) electrons. The van der Waals surface area contributed by atoms with E-state index < -0.39 is 12.6 Å². The molecule has 1 rings (SSSR count). The van der Waals surface area contributed by atoms with Gasteiger partial charge in [-0.3, -0.25) is 4.79 Å². The van der Waals surface area contributed by atoms with Gasteiger partial charge < -0.3 is 9.47 Å². The summed E-state index contributed by atoms with van der Waals surface area (Å²) in [6.07, 6.45) is 0.414. The van der Waals surface area contributed by atoms with Gasteiger partial charge in [-0.25, -0.2) is 4.79 Å². The van der Waals surface area contributed by atoms with Gasteiger partial charge in [0.25, 0.3) is 0 Å². The van der Waals surface area contributed by atoms with Crippen LogP contribution in [0.1, 0.15) is 20.7 Å². The van der Waals surface area contributed by atoms with Crippen LogP contribution in [0.4, 0.5) is 8.78 Å². The van der Waals surface area contributed by atoms with E-state index in [2.05, 4.69) is 25.4 Å². The number of carbonyl (C=O) groups excluding carboxylic acids is 2. The number of rotatable bonds is 4. The van der Waals surface area contributed by atoms with Crippen molar-refractivity contribution >= 4 is 28.2 Å². The highest BCUT2D eigenvalue weighted by Gasteiger charge is 2.18. The van der Waals surface area contributed by atoms with Crippen molar-refractivity contribution in [2.45, 2.75) is 6.61 Å². The quantitative estimate of drug-likeness (QED) is 0.634. The van der Waals surface area contributed by atoms with Crippen molar-refractivity contribution in [3.63, 3.8) is 0 Å². The molecule has 0 saturated carbocycles. The Labute approximate surface area is 104 Å². The molecule has 0 saturated heterocycles. The predicted molar refractivity (Wildman–Crippen MR) is 57.5 cm³/mol. The number of methoxy groups -OCH3 is 1. The molecule has 0 aliphatic carbocycles. The van der Waals surface area contributed by atoms with Gasteiger partial charge >= 0.3 is 12.6 Å². The van der Waals surface area contributed by atoms with E-state index in [1.54, 1.807) is 0 Å². The second-order valence-corrected chi connectivity index (χ2v) is 3.66. The van der Waals surface area contributed by atoms with Crippen molar-refractivity contribution in [2.75, 3.05) is 7.11 Å². The zero-order chi connectivity index (χ0) is 13.0. The maximum absolute atomic E-state index is 12.1. The van der Waals surface area contributed by atoms with E-state index in [0.717, 1.165) is 13.2 Å². The van der Waals surface area contributed by atoms with Crippen molar-refractivity contribution in [1.82, 2.24) is 0 Å². The molecule has 1 aromatic carbocycles. The summed E-state index contributed by atoms with van der Waals surface area (Å²) < 4.78 is 32.8. The van der Waals surface area contributed by atoms with Crippen LogP contribution < -0.4 is 4.74 Å². The molecule has 92 valence electrons. The second-order valence-electron chi connectivity index (χ2n) is 2.87. The van der Waals surface area contributed by atoms with Gasteiger partial charge in [-0.05, 0) is 28.1 Å². The summed E-state index contributed by atoms with van der Waals surface area (Å²) in [5.41, 5.74) is -0.0306. The first-order valence-corrected chi connectivity index (χ1v) is 5.10. The van der Waals surface area contributed by atoms with E-state index in [9.17, 15) is 18.4 Å². The van der Waals surface area contributed by atoms with Gasteiger partial charge in [0.1, 0.15) is 12.0 Å². The zero-order valence-corrected chi connectivity index (χ0v) is 10.2. The minimum absolute atomic E-state index is 0.00949. The molecule has 17 heavy (non-hydrogen) atoms. The van der Waals surface area contributed by atoms with E-state index >= 15 is 0 Å². The summed E-state index contributed by atoms with van der Waals surface area (Å²) in [6, 6.07) is 2.30. The number of aldehydes is 1. The summed E-state index contributed by atoms with van der Waals surface area (Å²) in [6.45, 7) is -3.06. The van der Waals surface area contributed by atoms with E-state index in [0.29, 0.717) is 6.29 Å². The van der Waals surface area contributed by atoms with Crippen LogP contribution in [0.2, 0.25) is 0 Å². The Hall–Kier alpha value is -1.50. The normalized spacial score (nSPS) is 10.2. The lowest BCUT2D eigenvalue weighted by Crippen LogP contribution is -2.08. The zero-order valence-electron chi connectivity index (χ0n) is 8.58. The monoisotopic (exact) mass is 308 g/mol. The maximum atomic E-state index is 12.1. The van der Waals surface area contributed by atoms with Crippen molar-refractivity contribution in [2.24, 2.45) is 0 Å². The molecule has 4 nitrogen and oxygen atoms in total. The molecule has 0 amide bonds. The highest BCUT2D eigenvalue weighted by molar-refractivity contribution is 9.10. The number of alkyl halides is 2. The number of hydrogen-bond acceptors (Lipinski definition) is 4. The Morgan fingerprint density at radius 3 is 2.59 bits per heavy atom. The first kappa shape index (κ1) is 13.6. The standard InChI is InChI=1S/C10H7BrF2O4/c1-16-9(15)6-2-5(4-14)3-7(8(6)11)17-10(12)13/h2-4,10H,1H3. The number of benzene rings is 1. The van der Waals surface area contributed by atoms with Crippen molar-refractivity contribution < 1.29 is 27.8 Å². The van der Waals surface area contributed by atoms with Crippen LogP contribution in [-0.4, -0.2) is 26.0 Å². The minimum atomic E-state index is -3.06. The van der Waals surface area contributed by atoms with Gasteiger partial charge in [-0.15, -0.1) is 0 Å². The number of halogens is 3. The fraction of sp³-hybridized carbons (Fsp3) is 0.200. The van der Waals surface area contributed by atoms with Gasteiger partial charge in [0, 0.05) is 5.56 Å². The molecule has 0 bridgehead atoms. The van der Waals surface area contributed by atoms with Crippen molar-refractivity contribution in [3.8, 4) is 5.75 Å². The number of esters is 1. The molecule has 0 spiro atoms. The van der Waals surface area contributed by atoms with E-state index in [1.165, 1.54) is 6.07 Å². The lowest BCUT2D eigenvalue weighted by molar-refractivity contribution is -0.0504. The number of ether oxygens (including phenoxy) is 2. The third kappa shape index (κ3) is 3.23. The highest BCUT2D eigenvalue weighted by Crippen LogP contribution is 2.31. The molecule has 1 aromatic rings. The van der Waals surface area contributed by atoms with Crippen LogP contribution in [0.5, 0.6) is 5.75 Å². The summed E-state index contributed by atoms with van der Waals surface area (Å²) in [7, 11) is 1.13. The van der Waals surface area contributed by atoms with E-state index in [-0.39, 0.29) is 21.3 Å². The van der Waals surface area contributed by atoms with Gasteiger partial charge in [0.15, 0.2) is 0 Å². The Balaban J connectivity index is 3.30.